The van der Waals surface area contributed by atoms with Crippen LogP contribution < -0.4 is 0 Å². The van der Waals surface area contributed by atoms with Gasteiger partial charge in [0.1, 0.15) is 6.61 Å². The minimum absolute atomic E-state index is 0.0681. The van der Waals surface area contributed by atoms with Crippen molar-refractivity contribution in [3.05, 3.63) is 19.6 Å². The number of likely N-dealkylation sites (tertiary alicyclic amines) is 1. The zero-order valence-electron chi connectivity index (χ0n) is 9.35. The molecule has 1 aliphatic heterocycles. The minimum atomic E-state index is -0.383. The standard InChI is InChI=1S/C11H16NO3S/c1-4-5-15-11(14)12-7-10(6-8(12)2)16-9(3)13/h4,8,10H,1-2,5-7H2,3H3/t8-,10-/m0/s1. The van der Waals surface area contributed by atoms with Crippen molar-refractivity contribution >= 4 is 23.0 Å². The van der Waals surface area contributed by atoms with Gasteiger partial charge in [0.15, 0.2) is 5.12 Å². The van der Waals surface area contributed by atoms with Crippen LogP contribution >= 0.6 is 11.8 Å². The van der Waals surface area contributed by atoms with E-state index in [0.29, 0.717) is 6.54 Å². The number of carbonyl (C=O) groups is 2. The Balaban J connectivity index is 2.46. The number of nitrogens with zero attached hydrogens (tertiary/aromatic N) is 1. The molecule has 1 rings (SSSR count). The highest BCUT2D eigenvalue weighted by molar-refractivity contribution is 8.14. The van der Waals surface area contributed by atoms with Crippen LogP contribution in [0.5, 0.6) is 0 Å². The molecule has 0 aliphatic carbocycles. The number of hydrogen-bond acceptors (Lipinski definition) is 4. The van der Waals surface area contributed by atoms with Crippen LogP contribution in [0.2, 0.25) is 0 Å². The number of thioether (sulfide) groups is 1. The maximum absolute atomic E-state index is 11.6. The van der Waals surface area contributed by atoms with E-state index in [0.717, 1.165) is 6.42 Å². The molecule has 4 nitrogen and oxygen atoms in total. The van der Waals surface area contributed by atoms with Gasteiger partial charge in [-0.3, -0.25) is 4.79 Å². The number of amides is 1. The van der Waals surface area contributed by atoms with Gasteiger partial charge < -0.3 is 9.64 Å². The van der Waals surface area contributed by atoms with E-state index in [-0.39, 0.29) is 29.1 Å². The fraction of sp³-hybridized carbons (Fsp3) is 0.545. The van der Waals surface area contributed by atoms with Crippen LogP contribution in [0, 0.1) is 6.92 Å². The lowest BCUT2D eigenvalue weighted by Crippen LogP contribution is -2.34. The van der Waals surface area contributed by atoms with E-state index in [4.69, 9.17) is 4.74 Å². The number of carbonyl (C=O) groups excluding carboxylic acids is 2. The molecule has 0 spiro atoms. The molecule has 89 valence electrons. The van der Waals surface area contributed by atoms with Crippen molar-refractivity contribution in [2.45, 2.75) is 24.6 Å². The Morgan fingerprint density at radius 2 is 2.31 bits per heavy atom. The number of rotatable bonds is 3. The average molecular weight is 242 g/mol. The fourth-order valence-corrected chi connectivity index (χ4v) is 2.65. The van der Waals surface area contributed by atoms with Crippen molar-refractivity contribution < 1.29 is 14.3 Å². The maximum Gasteiger partial charge on any atom is 0.410 e. The zero-order valence-corrected chi connectivity index (χ0v) is 10.2. The molecule has 1 radical (unpaired) electrons. The maximum atomic E-state index is 11.6. The molecule has 0 aromatic carbocycles. The summed E-state index contributed by atoms with van der Waals surface area (Å²) in [7, 11) is 0. The van der Waals surface area contributed by atoms with E-state index < -0.39 is 0 Å². The Morgan fingerprint density at radius 1 is 1.62 bits per heavy atom. The molecule has 0 N–H and O–H groups in total. The first-order valence-corrected chi connectivity index (χ1v) is 5.97. The summed E-state index contributed by atoms with van der Waals surface area (Å²) >= 11 is 1.26. The van der Waals surface area contributed by atoms with Gasteiger partial charge in [0.05, 0.1) is 0 Å². The third-order valence-corrected chi connectivity index (χ3v) is 3.27. The van der Waals surface area contributed by atoms with Crippen molar-refractivity contribution in [3.8, 4) is 0 Å². The topological polar surface area (TPSA) is 46.6 Å². The first kappa shape index (κ1) is 13.1. The molecule has 1 saturated heterocycles. The minimum Gasteiger partial charge on any atom is -0.445 e. The normalized spacial score (nSPS) is 24.2. The molecule has 2 atom stereocenters. The van der Waals surface area contributed by atoms with E-state index in [1.165, 1.54) is 24.8 Å². The lowest BCUT2D eigenvalue weighted by atomic mass is 10.2. The predicted molar refractivity (Wildman–Crippen MR) is 64.1 cm³/mol. The second-order valence-corrected chi connectivity index (χ2v) is 5.12. The third-order valence-electron chi connectivity index (χ3n) is 2.27. The third kappa shape index (κ3) is 3.56. The Kier molecular flexibility index (Phi) is 4.86. The van der Waals surface area contributed by atoms with Crippen LogP contribution in [0.25, 0.3) is 0 Å². The summed E-state index contributed by atoms with van der Waals surface area (Å²) < 4.78 is 4.93. The highest BCUT2D eigenvalue weighted by atomic mass is 32.2. The molecule has 1 fully saturated rings. The predicted octanol–water partition coefficient (Wildman–Crippen LogP) is 1.87. The van der Waals surface area contributed by atoms with Gasteiger partial charge in [-0.05, 0) is 13.3 Å². The zero-order chi connectivity index (χ0) is 12.1. The van der Waals surface area contributed by atoms with Crippen LogP contribution in [0.3, 0.4) is 0 Å². The van der Waals surface area contributed by atoms with E-state index in [9.17, 15) is 9.59 Å². The van der Waals surface area contributed by atoms with Crippen molar-refractivity contribution in [3.63, 3.8) is 0 Å². The van der Waals surface area contributed by atoms with Gasteiger partial charge in [-0.25, -0.2) is 4.79 Å². The summed E-state index contributed by atoms with van der Waals surface area (Å²) in [5.41, 5.74) is 0. The van der Waals surface area contributed by atoms with Crippen LogP contribution in [0.15, 0.2) is 12.7 Å². The summed E-state index contributed by atoms with van der Waals surface area (Å²) in [5.74, 6) is 0. The van der Waals surface area contributed by atoms with Crippen molar-refractivity contribution in [2.75, 3.05) is 13.2 Å². The van der Waals surface area contributed by atoms with Gasteiger partial charge in [-0.15, -0.1) is 0 Å². The van der Waals surface area contributed by atoms with Crippen LogP contribution in [0.1, 0.15) is 13.3 Å². The molecule has 1 aliphatic rings. The van der Waals surface area contributed by atoms with Crippen molar-refractivity contribution in [1.29, 1.82) is 0 Å². The first-order chi connectivity index (χ1) is 7.54. The van der Waals surface area contributed by atoms with Gasteiger partial charge >= 0.3 is 6.09 Å². The van der Waals surface area contributed by atoms with E-state index >= 15 is 0 Å². The van der Waals surface area contributed by atoms with E-state index in [1.807, 2.05) is 0 Å². The summed E-state index contributed by atoms with van der Waals surface area (Å²) in [6, 6.07) is -0.117. The van der Waals surface area contributed by atoms with Crippen molar-refractivity contribution in [2.24, 2.45) is 0 Å². The smallest absolute Gasteiger partial charge is 0.410 e. The summed E-state index contributed by atoms with van der Waals surface area (Å²) in [6.45, 7) is 9.61. The molecule has 0 saturated carbocycles. The monoisotopic (exact) mass is 242 g/mol. The summed E-state index contributed by atoms with van der Waals surface area (Å²) in [4.78, 5) is 24.1. The van der Waals surface area contributed by atoms with Gasteiger partial charge in [0.25, 0.3) is 0 Å². The Bertz CT molecular complexity index is 293. The molecular weight excluding hydrogens is 226 g/mol. The van der Waals surface area contributed by atoms with Crippen LogP contribution in [-0.2, 0) is 9.53 Å². The average Bonchev–Trinajstić information content (AvgIpc) is 2.54. The Morgan fingerprint density at radius 3 is 2.88 bits per heavy atom. The summed E-state index contributed by atoms with van der Waals surface area (Å²) in [6.07, 6.45) is 1.87. The first-order valence-electron chi connectivity index (χ1n) is 5.09. The van der Waals surface area contributed by atoms with Gasteiger partial charge in [-0.2, -0.15) is 0 Å². The second kappa shape index (κ2) is 5.94. The van der Waals surface area contributed by atoms with E-state index in [2.05, 4.69) is 13.5 Å². The fourth-order valence-electron chi connectivity index (χ4n) is 1.63. The molecule has 0 aromatic heterocycles. The molecule has 0 unspecified atom stereocenters. The molecule has 0 aromatic rings. The van der Waals surface area contributed by atoms with Gasteiger partial charge in [0, 0.05) is 24.8 Å². The Labute approximate surface area is 100 Å². The molecule has 16 heavy (non-hydrogen) atoms. The quantitative estimate of drug-likeness (QED) is 0.709. The lowest BCUT2D eigenvalue weighted by Gasteiger charge is -2.19. The Hall–Kier alpha value is -0.970. The largest absolute Gasteiger partial charge is 0.445 e. The van der Waals surface area contributed by atoms with Gasteiger partial charge in [0.2, 0.25) is 0 Å². The van der Waals surface area contributed by atoms with Crippen molar-refractivity contribution in [1.82, 2.24) is 4.90 Å². The molecule has 0 bridgehead atoms. The molecular formula is C11H16NO3S. The lowest BCUT2D eigenvalue weighted by molar-refractivity contribution is -0.109. The number of ether oxygens (including phenoxy) is 1. The highest BCUT2D eigenvalue weighted by Gasteiger charge is 2.34. The summed E-state index contributed by atoms with van der Waals surface area (Å²) in [5, 5.41) is 0.204. The van der Waals surface area contributed by atoms with Gasteiger partial charge in [-0.1, -0.05) is 24.4 Å². The molecule has 5 heteroatoms. The van der Waals surface area contributed by atoms with Crippen LogP contribution in [-0.4, -0.2) is 40.6 Å². The SMILES string of the molecule is [CH2][C@H]1C[C@H](SC(C)=O)CN1C(=O)OCC=C. The highest BCUT2D eigenvalue weighted by Crippen LogP contribution is 2.27. The molecule has 1 amide bonds. The van der Waals surface area contributed by atoms with Crippen LogP contribution in [0.4, 0.5) is 4.79 Å². The number of hydrogen-bond donors (Lipinski definition) is 0. The second-order valence-electron chi connectivity index (χ2n) is 3.64. The molecule has 1 heterocycles. The van der Waals surface area contributed by atoms with E-state index in [1.54, 1.807) is 4.90 Å².